The number of hydrogen-bond donors (Lipinski definition) is 1. The van der Waals surface area contributed by atoms with Gasteiger partial charge in [-0.05, 0) is 43.0 Å². The Bertz CT molecular complexity index is 415. The van der Waals surface area contributed by atoms with Crippen molar-refractivity contribution < 1.29 is 14.3 Å². The summed E-state index contributed by atoms with van der Waals surface area (Å²) in [6.07, 6.45) is 1.76. The molecule has 1 heterocycles. The van der Waals surface area contributed by atoms with Crippen LogP contribution in [0.25, 0.3) is 0 Å². The molecule has 1 fully saturated rings. The highest BCUT2D eigenvalue weighted by Crippen LogP contribution is 2.24. The maximum atomic E-state index is 11.9. The number of hydrogen-bond acceptors (Lipinski definition) is 4. The predicted octanol–water partition coefficient (Wildman–Crippen LogP) is 2.83. The van der Waals surface area contributed by atoms with Crippen LogP contribution in [0.1, 0.15) is 12.8 Å². The van der Waals surface area contributed by atoms with Crippen LogP contribution in [0.4, 0.5) is 5.69 Å². The monoisotopic (exact) mass is 327 g/mol. The molecule has 0 spiro atoms. The van der Waals surface area contributed by atoms with E-state index in [-0.39, 0.29) is 17.9 Å². The standard InChI is InChI=1S/C14H18BrNO3/c1-18-14(17)13(10-6-8-19-9-7-10)16-12-4-2-11(15)3-5-12/h2-5,10,13,16H,6-9H2,1H3. The van der Waals surface area contributed by atoms with Gasteiger partial charge in [-0.25, -0.2) is 4.79 Å². The minimum Gasteiger partial charge on any atom is -0.467 e. The van der Waals surface area contributed by atoms with Crippen molar-refractivity contribution in [3.63, 3.8) is 0 Å². The Hall–Kier alpha value is -1.07. The lowest BCUT2D eigenvalue weighted by Gasteiger charge is -2.29. The number of anilines is 1. The van der Waals surface area contributed by atoms with Crippen LogP contribution in [0.3, 0.4) is 0 Å². The van der Waals surface area contributed by atoms with Gasteiger partial charge in [0.2, 0.25) is 0 Å². The van der Waals surface area contributed by atoms with Crippen LogP contribution < -0.4 is 5.32 Å². The molecule has 1 aliphatic rings. The molecule has 1 aromatic carbocycles. The summed E-state index contributed by atoms with van der Waals surface area (Å²) in [5, 5.41) is 3.28. The van der Waals surface area contributed by atoms with Gasteiger partial charge >= 0.3 is 5.97 Å². The maximum absolute atomic E-state index is 11.9. The van der Waals surface area contributed by atoms with Crippen LogP contribution in [0, 0.1) is 5.92 Å². The normalized spacial score (nSPS) is 17.8. The van der Waals surface area contributed by atoms with E-state index >= 15 is 0 Å². The first-order valence-electron chi connectivity index (χ1n) is 6.38. The largest absolute Gasteiger partial charge is 0.467 e. The molecule has 0 saturated carbocycles. The zero-order valence-electron chi connectivity index (χ0n) is 10.9. The van der Waals surface area contributed by atoms with Gasteiger partial charge in [0.05, 0.1) is 7.11 Å². The molecule has 0 aliphatic carbocycles. The van der Waals surface area contributed by atoms with E-state index in [0.717, 1.165) is 23.0 Å². The predicted molar refractivity (Wildman–Crippen MR) is 77.1 cm³/mol. The number of carbonyl (C=O) groups excluding carboxylic acids is 1. The van der Waals surface area contributed by atoms with E-state index in [1.165, 1.54) is 7.11 Å². The smallest absolute Gasteiger partial charge is 0.328 e. The molecule has 5 heteroatoms. The van der Waals surface area contributed by atoms with Crippen molar-refractivity contribution in [2.75, 3.05) is 25.6 Å². The summed E-state index contributed by atoms with van der Waals surface area (Å²) in [4.78, 5) is 11.9. The summed E-state index contributed by atoms with van der Waals surface area (Å²) in [5.74, 6) is 0.0414. The van der Waals surface area contributed by atoms with Gasteiger partial charge in [0.25, 0.3) is 0 Å². The van der Waals surface area contributed by atoms with Crippen LogP contribution in [-0.2, 0) is 14.3 Å². The molecule has 104 valence electrons. The van der Waals surface area contributed by atoms with Gasteiger partial charge in [-0.15, -0.1) is 0 Å². The van der Waals surface area contributed by atoms with Gasteiger partial charge in [0.1, 0.15) is 6.04 Å². The summed E-state index contributed by atoms with van der Waals surface area (Å²) in [6.45, 7) is 1.42. The molecule has 1 saturated heterocycles. The molecule has 19 heavy (non-hydrogen) atoms. The van der Waals surface area contributed by atoms with Crippen molar-refractivity contribution in [3.8, 4) is 0 Å². The third-order valence-electron chi connectivity index (χ3n) is 3.36. The first-order valence-corrected chi connectivity index (χ1v) is 7.17. The number of ether oxygens (including phenoxy) is 2. The van der Waals surface area contributed by atoms with Crippen LogP contribution in [0.2, 0.25) is 0 Å². The average molecular weight is 328 g/mol. The number of halogens is 1. The van der Waals surface area contributed by atoms with Crippen molar-refractivity contribution in [1.82, 2.24) is 0 Å². The van der Waals surface area contributed by atoms with E-state index < -0.39 is 0 Å². The minimum absolute atomic E-state index is 0.213. The SMILES string of the molecule is COC(=O)C(Nc1ccc(Br)cc1)C1CCOCC1. The molecule has 1 atom stereocenters. The lowest BCUT2D eigenvalue weighted by molar-refractivity contribution is -0.143. The Morgan fingerprint density at radius 1 is 1.37 bits per heavy atom. The molecule has 1 unspecified atom stereocenters. The van der Waals surface area contributed by atoms with Gasteiger partial charge in [-0.1, -0.05) is 15.9 Å². The lowest BCUT2D eigenvalue weighted by atomic mass is 9.91. The Morgan fingerprint density at radius 2 is 2.00 bits per heavy atom. The first-order chi connectivity index (χ1) is 9.20. The number of benzene rings is 1. The second-order valence-electron chi connectivity index (χ2n) is 4.60. The molecule has 0 aromatic heterocycles. The summed E-state index contributed by atoms with van der Waals surface area (Å²) in [7, 11) is 1.43. The van der Waals surface area contributed by atoms with Crippen molar-refractivity contribution in [1.29, 1.82) is 0 Å². The number of rotatable bonds is 4. The molecule has 0 amide bonds. The molecular weight excluding hydrogens is 310 g/mol. The van der Waals surface area contributed by atoms with Crippen LogP contribution in [0.5, 0.6) is 0 Å². The number of carbonyl (C=O) groups is 1. The third kappa shape index (κ3) is 3.94. The fraction of sp³-hybridized carbons (Fsp3) is 0.500. The zero-order valence-corrected chi connectivity index (χ0v) is 12.5. The fourth-order valence-corrected chi connectivity index (χ4v) is 2.54. The fourth-order valence-electron chi connectivity index (χ4n) is 2.27. The number of methoxy groups -OCH3 is 1. The quantitative estimate of drug-likeness (QED) is 0.864. The zero-order chi connectivity index (χ0) is 13.7. The van der Waals surface area contributed by atoms with E-state index in [9.17, 15) is 4.79 Å². The van der Waals surface area contributed by atoms with Crippen LogP contribution in [0.15, 0.2) is 28.7 Å². The third-order valence-corrected chi connectivity index (χ3v) is 3.89. The highest BCUT2D eigenvalue weighted by Gasteiger charge is 2.30. The topological polar surface area (TPSA) is 47.6 Å². The Labute approximate surface area is 121 Å². The van der Waals surface area contributed by atoms with Crippen molar-refractivity contribution in [3.05, 3.63) is 28.7 Å². The summed E-state index contributed by atoms with van der Waals surface area (Å²) in [5.41, 5.74) is 0.921. The van der Waals surface area contributed by atoms with Gasteiger partial charge in [0.15, 0.2) is 0 Å². The van der Waals surface area contributed by atoms with E-state index in [0.29, 0.717) is 13.2 Å². The number of esters is 1. The van der Waals surface area contributed by atoms with Gasteiger partial charge in [-0.2, -0.15) is 0 Å². The molecular formula is C14H18BrNO3. The van der Waals surface area contributed by atoms with Crippen molar-refractivity contribution in [2.45, 2.75) is 18.9 Å². The minimum atomic E-state index is -0.310. The van der Waals surface area contributed by atoms with Crippen LogP contribution in [-0.4, -0.2) is 32.3 Å². The van der Waals surface area contributed by atoms with E-state index in [1.54, 1.807) is 0 Å². The van der Waals surface area contributed by atoms with E-state index in [1.807, 2.05) is 24.3 Å². The summed E-state index contributed by atoms with van der Waals surface area (Å²) < 4.78 is 11.3. The van der Waals surface area contributed by atoms with E-state index in [4.69, 9.17) is 9.47 Å². The molecule has 0 bridgehead atoms. The molecule has 1 aromatic rings. The Morgan fingerprint density at radius 3 is 2.58 bits per heavy atom. The number of nitrogens with one attached hydrogen (secondary N) is 1. The highest BCUT2D eigenvalue weighted by molar-refractivity contribution is 9.10. The van der Waals surface area contributed by atoms with Crippen molar-refractivity contribution >= 4 is 27.6 Å². The van der Waals surface area contributed by atoms with E-state index in [2.05, 4.69) is 21.2 Å². The summed E-state index contributed by atoms with van der Waals surface area (Å²) in [6, 6.07) is 7.47. The summed E-state index contributed by atoms with van der Waals surface area (Å²) >= 11 is 3.39. The van der Waals surface area contributed by atoms with Crippen LogP contribution >= 0.6 is 15.9 Å². The molecule has 2 rings (SSSR count). The lowest BCUT2D eigenvalue weighted by Crippen LogP contribution is -2.40. The maximum Gasteiger partial charge on any atom is 0.328 e. The van der Waals surface area contributed by atoms with Gasteiger partial charge < -0.3 is 14.8 Å². The first kappa shape index (κ1) is 14.3. The second kappa shape index (κ2) is 6.91. The Balaban J connectivity index is 2.08. The Kier molecular flexibility index (Phi) is 5.22. The molecule has 0 radical (unpaired) electrons. The van der Waals surface area contributed by atoms with Gasteiger partial charge in [-0.3, -0.25) is 0 Å². The average Bonchev–Trinajstić information content (AvgIpc) is 2.47. The van der Waals surface area contributed by atoms with Crippen molar-refractivity contribution in [2.24, 2.45) is 5.92 Å². The molecule has 1 N–H and O–H groups in total. The highest BCUT2D eigenvalue weighted by atomic mass is 79.9. The second-order valence-corrected chi connectivity index (χ2v) is 5.52. The molecule has 4 nitrogen and oxygen atoms in total. The van der Waals surface area contributed by atoms with Gasteiger partial charge in [0, 0.05) is 23.4 Å². The molecule has 1 aliphatic heterocycles.